The van der Waals surface area contributed by atoms with Crippen LogP contribution in [0.5, 0.6) is 11.5 Å². The standard InChI is InChI=1S/C10H14O3/c1-7(11)5-8-6-9(13-2)3-4-10(8)12/h3-4,6-7,11-12H,5H2,1-2H3. The smallest absolute Gasteiger partial charge is 0.119 e. The summed E-state index contributed by atoms with van der Waals surface area (Å²) in [4.78, 5) is 0. The molecule has 1 rings (SSSR count). The summed E-state index contributed by atoms with van der Waals surface area (Å²) in [5.74, 6) is 0.884. The molecule has 0 radical (unpaired) electrons. The first-order chi connectivity index (χ1) is 6.13. The Morgan fingerprint density at radius 2 is 2.15 bits per heavy atom. The molecule has 0 amide bonds. The molecule has 0 saturated heterocycles. The first kappa shape index (κ1) is 9.86. The highest BCUT2D eigenvalue weighted by molar-refractivity contribution is 5.39. The number of aromatic hydroxyl groups is 1. The molecule has 1 aromatic carbocycles. The zero-order chi connectivity index (χ0) is 9.84. The van der Waals surface area contributed by atoms with E-state index in [0.29, 0.717) is 17.7 Å². The van der Waals surface area contributed by atoms with E-state index in [4.69, 9.17) is 9.84 Å². The van der Waals surface area contributed by atoms with Gasteiger partial charge in [0.1, 0.15) is 11.5 Å². The number of phenols is 1. The number of hydrogen-bond donors (Lipinski definition) is 2. The quantitative estimate of drug-likeness (QED) is 0.741. The lowest BCUT2D eigenvalue weighted by Crippen LogP contribution is -2.04. The third-order valence-electron chi connectivity index (χ3n) is 1.80. The second kappa shape index (κ2) is 4.14. The van der Waals surface area contributed by atoms with Gasteiger partial charge in [0, 0.05) is 12.0 Å². The van der Waals surface area contributed by atoms with Crippen molar-refractivity contribution >= 4 is 0 Å². The monoisotopic (exact) mass is 182 g/mol. The Kier molecular flexibility index (Phi) is 3.14. The predicted molar refractivity (Wildman–Crippen MR) is 50.0 cm³/mol. The highest BCUT2D eigenvalue weighted by Gasteiger charge is 2.05. The van der Waals surface area contributed by atoms with Crippen molar-refractivity contribution in [3.05, 3.63) is 23.8 Å². The number of rotatable bonds is 3. The predicted octanol–water partition coefficient (Wildman–Crippen LogP) is 1.32. The van der Waals surface area contributed by atoms with Gasteiger partial charge < -0.3 is 14.9 Å². The van der Waals surface area contributed by atoms with Gasteiger partial charge in [0.05, 0.1) is 13.2 Å². The zero-order valence-corrected chi connectivity index (χ0v) is 7.82. The van der Waals surface area contributed by atoms with E-state index in [1.165, 1.54) is 0 Å². The second-order valence-corrected chi connectivity index (χ2v) is 3.05. The summed E-state index contributed by atoms with van der Waals surface area (Å²) in [6.45, 7) is 1.68. The van der Waals surface area contributed by atoms with E-state index in [1.807, 2.05) is 0 Å². The molecule has 2 N–H and O–H groups in total. The molecule has 3 nitrogen and oxygen atoms in total. The Bertz CT molecular complexity index is 281. The van der Waals surface area contributed by atoms with Crippen LogP contribution in [0.3, 0.4) is 0 Å². The summed E-state index contributed by atoms with van der Waals surface area (Å²) >= 11 is 0. The van der Waals surface area contributed by atoms with Crippen LogP contribution >= 0.6 is 0 Å². The molecule has 0 aromatic heterocycles. The number of aliphatic hydroxyl groups is 1. The largest absolute Gasteiger partial charge is 0.508 e. The van der Waals surface area contributed by atoms with E-state index < -0.39 is 6.10 Å². The van der Waals surface area contributed by atoms with Gasteiger partial charge in [-0.25, -0.2) is 0 Å². The van der Waals surface area contributed by atoms with Crippen molar-refractivity contribution in [2.24, 2.45) is 0 Å². The molecule has 0 fully saturated rings. The molecule has 0 bridgehead atoms. The number of methoxy groups -OCH3 is 1. The highest BCUT2D eigenvalue weighted by Crippen LogP contribution is 2.23. The molecular weight excluding hydrogens is 168 g/mol. The lowest BCUT2D eigenvalue weighted by Gasteiger charge is -2.08. The summed E-state index contributed by atoms with van der Waals surface area (Å²) in [5, 5.41) is 18.6. The average Bonchev–Trinajstić information content (AvgIpc) is 2.08. The lowest BCUT2D eigenvalue weighted by molar-refractivity contribution is 0.194. The average molecular weight is 182 g/mol. The summed E-state index contributed by atoms with van der Waals surface area (Å²) in [7, 11) is 1.57. The molecular formula is C10H14O3. The maximum atomic E-state index is 9.41. The van der Waals surface area contributed by atoms with Crippen LogP contribution in [-0.2, 0) is 6.42 Å². The van der Waals surface area contributed by atoms with Crippen LogP contribution in [0.2, 0.25) is 0 Å². The maximum absolute atomic E-state index is 9.41. The van der Waals surface area contributed by atoms with Crippen LogP contribution in [0.1, 0.15) is 12.5 Å². The minimum Gasteiger partial charge on any atom is -0.508 e. The number of benzene rings is 1. The third-order valence-corrected chi connectivity index (χ3v) is 1.80. The Balaban J connectivity index is 2.90. The summed E-state index contributed by atoms with van der Waals surface area (Å²) in [5.41, 5.74) is 0.703. The Labute approximate surface area is 77.6 Å². The van der Waals surface area contributed by atoms with Crippen molar-refractivity contribution in [3.8, 4) is 11.5 Å². The van der Waals surface area contributed by atoms with Crippen LogP contribution in [0.25, 0.3) is 0 Å². The third kappa shape index (κ3) is 2.63. The van der Waals surface area contributed by atoms with Crippen molar-refractivity contribution in [3.63, 3.8) is 0 Å². The molecule has 13 heavy (non-hydrogen) atoms. The molecule has 1 aromatic rings. The molecule has 3 heteroatoms. The molecule has 0 aliphatic rings. The fourth-order valence-electron chi connectivity index (χ4n) is 1.17. The maximum Gasteiger partial charge on any atom is 0.119 e. The Hall–Kier alpha value is -1.22. The molecule has 1 atom stereocenters. The van der Waals surface area contributed by atoms with E-state index in [0.717, 1.165) is 0 Å². The normalized spacial score (nSPS) is 12.5. The van der Waals surface area contributed by atoms with Crippen molar-refractivity contribution in [1.29, 1.82) is 0 Å². The van der Waals surface area contributed by atoms with Crippen LogP contribution in [0, 0.1) is 0 Å². The van der Waals surface area contributed by atoms with E-state index in [9.17, 15) is 5.11 Å². The summed E-state index contributed by atoms with van der Waals surface area (Å²) in [6.07, 6.45) is -0.0266. The van der Waals surface area contributed by atoms with E-state index in [-0.39, 0.29) is 5.75 Å². The van der Waals surface area contributed by atoms with Gasteiger partial charge in [-0.15, -0.1) is 0 Å². The molecule has 0 spiro atoms. The van der Waals surface area contributed by atoms with Crippen molar-refractivity contribution < 1.29 is 14.9 Å². The van der Waals surface area contributed by atoms with E-state index >= 15 is 0 Å². The molecule has 72 valence electrons. The van der Waals surface area contributed by atoms with Crippen LogP contribution in [0.15, 0.2) is 18.2 Å². The molecule has 1 unspecified atom stereocenters. The second-order valence-electron chi connectivity index (χ2n) is 3.05. The van der Waals surface area contributed by atoms with E-state index in [1.54, 1.807) is 32.2 Å². The molecule has 0 saturated carbocycles. The van der Waals surface area contributed by atoms with Gasteiger partial charge in [0.25, 0.3) is 0 Å². The SMILES string of the molecule is COc1ccc(O)c(CC(C)O)c1. The highest BCUT2D eigenvalue weighted by atomic mass is 16.5. The summed E-state index contributed by atoms with van der Waals surface area (Å²) in [6, 6.07) is 4.97. The first-order valence-electron chi connectivity index (χ1n) is 4.17. The number of phenolic OH excluding ortho intramolecular Hbond substituents is 1. The van der Waals surface area contributed by atoms with Crippen molar-refractivity contribution in [1.82, 2.24) is 0 Å². The minimum atomic E-state index is -0.460. The number of aliphatic hydroxyl groups excluding tert-OH is 1. The topological polar surface area (TPSA) is 49.7 Å². The number of hydrogen-bond acceptors (Lipinski definition) is 3. The minimum absolute atomic E-state index is 0.196. The van der Waals surface area contributed by atoms with Gasteiger partial charge in [-0.2, -0.15) is 0 Å². The van der Waals surface area contributed by atoms with Crippen molar-refractivity contribution in [2.75, 3.05) is 7.11 Å². The van der Waals surface area contributed by atoms with Crippen molar-refractivity contribution in [2.45, 2.75) is 19.4 Å². The van der Waals surface area contributed by atoms with E-state index in [2.05, 4.69) is 0 Å². The molecule has 0 aliphatic heterocycles. The van der Waals surface area contributed by atoms with Gasteiger partial charge in [0.15, 0.2) is 0 Å². The Morgan fingerprint density at radius 1 is 1.46 bits per heavy atom. The zero-order valence-electron chi connectivity index (χ0n) is 7.82. The molecule has 0 heterocycles. The first-order valence-corrected chi connectivity index (χ1v) is 4.17. The van der Waals surface area contributed by atoms with Gasteiger partial charge in [-0.1, -0.05) is 0 Å². The number of ether oxygens (including phenoxy) is 1. The van der Waals surface area contributed by atoms with Crippen LogP contribution in [0.4, 0.5) is 0 Å². The summed E-state index contributed by atoms with van der Waals surface area (Å²) < 4.78 is 5.00. The van der Waals surface area contributed by atoms with Gasteiger partial charge in [0.2, 0.25) is 0 Å². The fraction of sp³-hybridized carbons (Fsp3) is 0.400. The van der Waals surface area contributed by atoms with Crippen LogP contribution < -0.4 is 4.74 Å². The van der Waals surface area contributed by atoms with Gasteiger partial charge in [-0.05, 0) is 25.1 Å². The lowest BCUT2D eigenvalue weighted by atomic mass is 10.1. The van der Waals surface area contributed by atoms with Gasteiger partial charge in [-0.3, -0.25) is 0 Å². The van der Waals surface area contributed by atoms with Gasteiger partial charge >= 0.3 is 0 Å². The fourth-order valence-corrected chi connectivity index (χ4v) is 1.17. The molecule has 0 aliphatic carbocycles. The Morgan fingerprint density at radius 3 is 2.69 bits per heavy atom. The van der Waals surface area contributed by atoms with Crippen LogP contribution in [-0.4, -0.2) is 23.4 Å².